The number of carbonyl (C=O) groups excluding carboxylic acids is 2. The predicted octanol–water partition coefficient (Wildman–Crippen LogP) is 3.03. The number of benzene rings is 1. The first-order valence-corrected chi connectivity index (χ1v) is 8.51. The van der Waals surface area contributed by atoms with Crippen molar-refractivity contribution in [3.8, 4) is 11.5 Å². The van der Waals surface area contributed by atoms with Crippen molar-refractivity contribution in [2.75, 3.05) is 20.3 Å². The smallest absolute Gasteiger partial charge is 0.251 e. The largest absolute Gasteiger partial charge is 0.493 e. The van der Waals surface area contributed by atoms with Gasteiger partial charge in [0.25, 0.3) is 5.91 Å². The van der Waals surface area contributed by atoms with Crippen molar-refractivity contribution in [3.63, 3.8) is 0 Å². The van der Waals surface area contributed by atoms with E-state index in [4.69, 9.17) is 21.1 Å². The van der Waals surface area contributed by atoms with Crippen molar-refractivity contribution in [1.29, 1.82) is 0 Å². The minimum Gasteiger partial charge on any atom is -0.493 e. The SMILES string of the molecule is COc1cc(C(=O)NCC(=O)NC(C)(C)C)cc(Cl)c1OCC(C)C. The van der Waals surface area contributed by atoms with Gasteiger partial charge in [-0.1, -0.05) is 25.4 Å². The second-order valence-electron chi connectivity index (χ2n) is 7.18. The maximum Gasteiger partial charge on any atom is 0.251 e. The van der Waals surface area contributed by atoms with E-state index in [-0.39, 0.29) is 23.0 Å². The third-order valence-corrected chi connectivity index (χ3v) is 3.26. The van der Waals surface area contributed by atoms with Gasteiger partial charge in [-0.3, -0.25) is 9.59 Å². The van der Waals surface area contributed by atoms with Gasteiger partial charge in [-0.2, -0.15) is 0 Å². The minimum atomic E-state index is -0.417. The summed E-state index contributed by atoms with van der Waals surface area (Å²) in [5.74, 6) is 0.415. The van der Waals surface area contributed by atoms with Crippen molar-refractivity contribution < 1.29 is 19.1 Å². The van der Waals surface area contributed by atoms with Crippen molar-refractivity contribution in [2.45, 2.75) is 40.2 Å². The third-order valence-electron chi connectivity index (χ3n) is 2.98. The van der Waals surface area contributed by atoms with Crippen LogP contribution in [0, 0.1) is 5.92 Å². The highest BCUT2D eigenvalue weighted by molar-refractivity contribution is 6.32. The number of methoxy groups -OCH3 is 1. The fourth-order valence-corrected chi connectivity index (χ4v) is 2.23. The molecule has 0 atom stereocenters. The molecule has 0 saturated heterocycles. The van der Waals surface area contributed by atoms with E-state index < -0.39 is 5.91 Å². The van der Waals surface area contributed by atoms with Crippen LogP contribution in [0.25, 0.3) is 0 Å². The molecule has 0 bridgehead atoms. The van der Waals surface area contributed by atoms with E-state index in [1.165, 1.54) is 13.2 Å². The van der Waals surface area contributed by atoms with Crippen LogP contribution in [-0.4, -0.2) is 37.6 Å². The Morgan fingerprint density at radius 1 is 1.24 bits per heavy atom. The van der Waals surface area contributed by atoms with Gasteiger partial charge >= 0.3 is 0 Å². The Kier molecular flexibility index (Phi) is 7.55. The number of nitrogens with one attached hydrogen (secondary N) is 2. The van der Waals surface area contributed by atoms with Crippen LogP contribution in [0.2, 0.25) is 5.02 Å². The summed E-state index contributed by atoms with van der Waals surface area (Å²) in [6, 6.07) is 3.04. The molecule has 0 fully saturated rings. The second kappa shape index (κ2) is 8.94. The summed E-state index contributed by atoms with van der Waals surface area (Å²) in [5.41, 5.74) is -0.0636. The molecule has 0 heterocycles. The summed E-state index contributed by atoms with van der Waals surface area (Å²) >= 11 is 6.23. The first-order chi connectivity index (χ1) is 11.5. The lowest BCUT2D eigenvalue weighted by molar-refractivity contribution is -0.121. The van der Waals surface area contributed by atoms with Gasteiger partial charge in [-0.25, -0.2) is 0 Å². The molecule has 1 aromatic rings. The normalized spacial score (nSPS) is 11.2. The zero-order valence-corrected chi connectivity index (χ0v) is 16.4. The van der Waals surface area contributed by atoms with Crippen LogP contribution in [0.3, 0.4) is 0 Å². The summed E-state index contributed by atoms with van der Waals surface area (Å²) in [6.07, 6.45) is 0. The summed E-state index contributed by atoms with van der Waals surface area (Å²) in [5, 5.41) is 5.62. The molecule has 140 valence electrons. The van der Waals surface area contributed by atoms with E-state index in [0.717, 1.165) is 0 Å². The van der Waals surface area contributed by atoms with E-state index in [1.807, 2.05) is 34.6 Å². The van der Waals surface area contributed by atoms with Gasteiger partial charge in [-0.15, -0.1) is 0 Å². The van der Waals surface area contributed by atoms with Crippen molar-refractivity contribution in [2.24, 2.45) is 5.92 Å². The minimum absolute atomic E-state index is 0.123. The lowest BCUT2D eigenvalue weighted by Crippen LogP contribution is -2.45. The number of hydrogen-bond donors (Lipinski definition) is 2. The van der Waals surface area contributed by atoms with E-state index in [1.54, 1.807) is 6.07 Å². The Morgan fingerprint density at radius 2 is 1.88 bits per heavy atom. The molecule has 2 N–H and O–H groups in total. The molecule has 1 aromatic carbocycles. The molecule has 0 radical (unpaired) electrons. The van der Waals surface area contributed by atoms with Crippen molar-refractivity contribution in [3.05, 3.63) is 22.7 Å². The van der Waals surface area contributed by atoms with Crippen molar-refractivity contribution in [1.82, 2.24) is 10.6 Å². The van der Waals surface area contributed by atoms with Gasteiger partial charge in [0.1, 0.15) is 0 Å². The molecule has 0 aliphatic heterocycles. The van der Waals surface area contributed by atoms with Gasteiger partial charge < -0.3 is 20.1 Å². The average molecular weight is 371 g/mol. The molecule has 6 nitrogen and oxygen atoms in total. The number of carbonyl (C=O) groups is 2. The lowest BCUT2D eigenvalue weighted by atomic mass is 10.1. The second-order valence-corrected chi connectivity index (χ2v) is 7.58. The third kappa shape index (κ3) is 7.22. The van der Waals surface area contributed by atoms with Crippen LogP contribution in [0.1, 0.15) is 45.0 Å². The molecule has 0 aliphatic rings. The van der Waals surface area contributed by atoms with Gasteiger partial charge in [-0.05, 0) is 38.8 Å². The first kappa shape index (κ1) is 21.1. The molecule has 7 heteroatoms. The highest BCUT2D eigenvalue weighted by Gasteiger charge is 2.18. The number of rotatable bonds is 7. The highest BCUT2D eigenvalue weighted by atomic mass is 35.5. The number of hydrogen-bond acceptors (Lipinski definition) is 4. The molecular weight excluding hydrogens is 344 g/mol. The average Bonchev–Trinajstić information content (AvgIpc) is 2.48. The van der Waals surface area contributed by atoms with Crippen LogP contribution in [-0.2, 0) is 4.79 Å². The first-order valence-electron chi connectivity index (χ1n) is 8.13. The van der Waals surface area contributed by atoms with Gasteiger partial charge in [0, 0.05) is 11.1 Å². The van der Waals surface area contributed by atoms with Crippen LogP contribution in [0.4, 0.5) is 0 Å². The zero-order chi connectivity index (χ0) is 19.2. The van der Waals surface area contributed by atoms with Gasteiger partial charge in [0.15, 0.2) is 11.5 Å². The monoisotopic (exact) mass is 370 g/mol. The standard InChI is InChI=1S/C18H27ClN2O4/c1-11(2)10-25-16-13(19)7-12(8-14(16)24-6)17(23)20-9-15(22)21-18(3,4)5/h7-8,11H,9-10H2,1-6H3,(H,20,23)(H,21,22). The molecule has 0 spiro atoms. The lowest BCUT2D eigenvalue weighted by Gasteiger charge is -2.20. The summed E-state index contributed by atoms with van der Waals surface area (Å²) in [6.45, 7) is 10.00. The molecular formula is C18H27ClN2O4. The van der Waals surface area contributed by atoms with Gasteiger partial charge in [0.05, 0.1) is 25.3 Å². The quantitative estimate of drug-likeness (QED) is 0.773. The number of ether oxygens (including phenoxy) is 2. The molecule has 0 aliphatic carbocycles. The summed E-state index contributed by atoms with van der Waals surface area (Å²) in [4.78, 5) is 24.1. The van der Waals surface area contributed by atoms with Crippen LogP contribution >= 0.6 is 11.6 Å². The Balaban J connectivity index is 2.82. The van der Waals surface area contributed by atoms with Crippen LogP contribution in [0.5, 0.6) is 11.5 Å². The number of halogens is 1. The molecule has 0 saturated carbocycles. The maximum absolute atomic E-state index is 12.3. The predicted molar refractivity (Wildman–Crippen MR) is 98.6 cm³/mol. The highest BCUT2D eigenvalue weighted by Crippen LogP contribution is 2.36. The van der Waals surface area contributed by atoms with Crippen molar-refractivity contribution >= 4 is 23.4 Å². The molecule has 0 aromatic heterocycles. The molecule has 2 amide bonds. The summed E-state index contributed by atoms with van der Waals surface area (Å²) in [7, 11) is 1.48. The van der Waals surface area contributed by atoms with E-state index in [0.29, 0.717) is 29.6 Å². The fraction of sp³-hybridized carbons (Fsp3) is 0.556. The molecule has 0 unspecified atom stereocenters. The Morgan fingerprint density at radius 3 is 2.40 bits per heavy atom. The maximum atomic E-state index is 12.3. The molecule has 1 rings (SSSR count). The Hall–Kier alpha value is -1.95. The van der Waals surface area contributed by atoms with E-state index in [9.17, 15) is 9.59 Å². The number of amides is 2. The van der Waals surface area contributed by atoms with Crippen LogP contribution < -0.4 is 20.1 Å². The topological polar surface area (TPSA) is 76.7 Å². The van der Waals surface area contributed by atoms with E-state index in [2.05, 4.69) is 10.6 Å². The zero-order valence-electron chi connectivity index (χ0n) is 15.7. The van der Waals surface area contributed by atoms with Gasteiger partial charge in [0.2, 0.25) is 5.91 Å². The Labute approximate surface area is 154 Å². The fourth-order valence-electron chi connectivity index (χ4n) is 1.97. The van der Waals surface area contributed by atoms with Crippen LogP contribution in [0.15, 0.2) is 12.1 Å². The summed E-state index contributed by atoms with van der Waals surface area (Å²) < 4.78 is 10.9. The van der Waals surface area contributed by atoms with E-state index >= 15 is 0 Å². The molecule has 25 heavy (non-hydrogen) atoms. The Bertz CT molecular complexity index is 624.